The number of aryl methyl sites for hydroxylation is 1. The zero-order valence-electron chi connectivity index (χ0n) is 14.4. The van der Waals surface area contributed by atoms with Crippen molar-refractivity contribution in [3.63, 3.8) is 0 Å². The fourth-order valence-corrected chi connectivity index (χ4v) is 2.35. The van der Waals surface area contributed by atoms with Gasteiger partial charge in [0.15, 0.2) is 0 Å². The summed E-state index contributed by atoms with van der Waals surface area (Å²) in [7, 11) is 1.33. The van der Waals surface area contributed by atoms with Gasteiger partial charge in [-0.15, -0.1) is 0 Å². The Labute approximate surface area is 150 Å². The molecule has 0 radical (unpaired) electrons. The van der Waals surface area contributed by atoms with Gasteiger partial charge in [-0.25, -0.2) is 4.79 Å². The van der Waals surface area contributed by atoms with E-state index < -0.39 is 11.9 Å². The minimum absolute atomic E-state index is 0.104. The second kappa shape index (κ2) is 7.60. The van der Waals surface area contributed by atoms with E-state index >= 15 is 0 Å². The summed E-state index contributed by atoms with van der Waals surface area (Å²) in [5.41, 5.74) is 3.12. The second-order valence-electron chi connectivity index (χ2n) is 5.66. The fourth-order valence-electron chi connectivity index (χ4n) is 2.35. The number of hydrogen-bond acceptors (Lipinski definition) is 6. The van der Waals surface area contributed by atoms with Gasteiger partial charge in [0.2, 0.25) is 5.82 Å². The maximum absolute atomic E-state index is 12.2. The topological polar surface area (TPSA) is 94.3 Å². The van der Waals surface area contributed by atoms with Gasteiger partial charge in [0.05, 0.1) is 12.7 Å². The summed E-state index contributed by atoms with van der Waals surface area (Å²) in [4.78, 5) is 27.7. The highest BCUT2D eigenvalue weighted by Gasteiger charge is 2.16. The van der Waals surface area contributed by atoms with Gasteiger partial charge in [0.1, 0.15) is 0 Å². The summed E-state index contributed by atoms with van der Waals surface area (Å²) in [5, 5.41) is 6.55. The third-order valence-corrected chi connectivity index (χ3v) is 3.72. The molecule has 0 unspecified atom stereocenters. The van der Waals surface area contributed by atoms with E-state index in [0.717, 1.165) is 16.7 Å². The third-order valence-electron chi connectivity index (χ3n) is 3.72. The Kier molecular flexibility index (Phi) is 5.07. The lowest BCUT2D eigenvalue weighted by Gasteiger charge is -2.04. The number of nitrogens with one attached hydrogen (secondary N) is 1. The highest BCUT2D eigenvalue weighted by molar-refractivity contribution is 5.90. The van der Waals surface area contributed by atoms with E-state index in [9.17, 15) is 9.59 Å². The second-order valence-corrected chi connectivity index (χ2v) is 5.66. The quantitative estimate of drug-likeness (QED) is 0.710. The molecule has 3 aromatic rings. The molecular weight excluding hydrogens is 334 g/mol. The van der Waals surface area contributed by atoms with Crippen molar-refractivity contribution in [2.75, 3.05) is 7.11 Å². The van der Waals surface area contributed by atoms with E-state index in [0.29, 0.717) is 11.4 Å². The smallest absolute Gasteiger partial charge is 0.337 e. The standard InChI is InChI=1S/C19H17N3O4/c1-12-4-3-5-15(10-12)16-21-18(26-22-16)17(23)20-11-13-6-8-14(9-7-13)19(24)25-2/h3-10H,11H2,1-2H3,(H,20,23). The Balaban J connectivity index is 1.63. The van der Waals surface area contributed by atoms with Gasteiger partial charge >= 0.3 is 17.8 Å². The van der Waals surface area contributed by atoms with Crippen molar-refractivity contribution in [3.05, 3.63) is 71.1 Å². The number of carbonyl (C=O) groups excluding carboxylic acids is 2. The average molecular weight is 351 g/mol. The van der Waals surface area contributed by atoms with Gasteiger partial charge in [-0.1, -0.05) is 41.1 Å². The zero-order valence-corrected chi connectivity index (χ0v) is 14.4. The first-order valence-electron chi connectivity index (χ1n) is 7.93. The number of hydrogen-bond donors (Lipinski definition) is 1. The summed E-state index contributed by atoms with van der Waals surface area (Å²) in [5.74, 6) is -0.613. The summed E-state index contributed by atoms with van der Waals surface area (Å²) in [6.45, 7) is 2.23. The fraction of sp³-hybridized carbons (Fsp3) is 0.158. The Morgan fingerprint density at radius 1 is 1.15 bits per heavy atom. The predicted molar refractivity (Wildman–Crippen MR) is 93.4 cm³/mol. The number of nitrogens with zero attached hydrogens (tertiary/aromatic N) is 2. The van der Waals surface area contributed by atoms with Gasteiger partial charge in [0.25, 0.3) is 0 Å². The Morgan fingerprint density at radius 3 is 2.62 bits per heavy atom. The van der Waals surface area contributed by atoms with Crippen molar-refractivity contribution < 1.29 is 18.8 Å². The Bertz CT molecular complexity index is 932. The van der Waals surface area contributed by atoms with E-state index in [1.807, 2.05) is 31.2 Å². The molecule has 1 heterocycles. The molecule has 0 bridgehead atoms. The van der Waals surface area contributed by atoms with Crippen LogP contribution in [0.25, 0.3) is 11.4 Å². The molecule has 0 aliphatic carbocycles. The number of carbonyl (C=O) groups is 2. The number of esters is 1. The number of rotatable bonds is 5. The molecule has 1 amide bonds. The van der Waals surface area contributed by atoms with Gasteiger partial charge in [-0.05, 0) is 30.7 Å². The van der Waals surface area contributed by atoms with Crippen LogP contribution in [0, 0.1) is 6.92 Å². The molecule has 7 nitrogen and oxygen atoms in total. The number of aromatic nitrogens is 2. The molecule has 0 spiro atoms. The van der Waals surface area contributed by atoms with E-state index in [1.54, 1.807) is 24.3 Å². The lowest BCUT2D eigenvalue weighted by Crippen LogP contribution is -2.23. The largest absolute Gasteiger partial charge is 0.465 e. The van der Waals surface area contributed by atoms with Crippen molar-refractivity contribution >= 4 is 11.9 Å². The van der Waals surface area contributed by atoms with E-state index in [2.05, 4.69) is 20.2 Å². The monoisotopic (exact) mass is 351 g/mol. The number of amides is 1. The molecule has 0 aliphatic heterocycles. The molecule has 26 heavy (non-hydrogen) atoms. The minimum atomic E-state index is -0.464. The molecule has 2 aromatic carbocycles. The number of methoxy groups -OCH3 is 1. The van der Waals surface area contributed by atoms with Crippen molar-refractivity contribution in [2.45, 2.75) is 13.5 Å². The van der Waals surface area contributed by atoms with Gasteiger partial charge in [0, 0.05) is 12.1 Å². The maximum atomic E-state index is 12.2. The lowest BCUT2D eigenvalue weighted by molar-refractivity contribution is 0.0600. The summed E-state index contributed by atoms with van der Waals surface area (Å²) in [6, 6.07) is 14.3. The van der Waals surface area contributed by atoms with Crippen molar-refractivity contribution in [2.24, 2.45) is 0 Å². The van der Waals surface area contributed by atoms with Crippen LogP contribution in [-0.2, 0) is 11.3 Å². The van der Waals surface area contributed by atoms with E-state index in [4.69, 9.17) is 4.52 Å². The first-order valence-corrected chi connectivity index (χ1v) is 7.93. The van der Waals surface area contributed by atoms with Crippen molar-refractivity contribution in [3.8, 4) is 11.4 Å². The van der Waals surface area contributed by atoms with Crippen LogP contribution >= 0.6 is 0 Å². The zero-order chi connectivity index (χ0) is 18.5. The molecule has 0 aliphatic rings. The molecule has 0 fully saturated rings. The molecular formula is C19H17N3O4. The van der Waals surface area contributed by atoms with Crippen LogP contribution in [0.5, 0.6) is 0 Å². The molecule has 1 N–H and O–H groups in total. The van der Waals surface area contributed by atoms with Gasteiger partial charge in [-0.3, -0.25) is 4.79 Å². The maximum Gasteiger partial charge on any atom is 0.337 e. The third kappa shape index (κ3) is 3.94. The number of benzene rings is 2. The van der Waals surface area contributed by atoms with Gasteiger partial charge in [-0.2, -0.15) is 4.98 Å². The Morgan fingerprint density at radius 2 is 1.92 bits per heavy atom. The predicted octanol–water partition coefficient (Wildman–Crippen LogP) is 2.76. The highest BCUT2D eigenvalue weighted by atomic mass is 16.5. The minimum Gasteiger partial charge on any atom is -0.465 e. The Hall–Kier alpha value is -3.48. The molecule has 7 heteroatoms. The average Bonchev–Trinajstić information content (AvgIpc) is 3.16. The van der Waals surface area contributed by atoms with Crippen molar-refractivity contribution in [1.82, 2.24) is 15.5 Å². The molecule has 0 atom stereocenters. The SMILES string of the molecule is COC(=O)c1ccc(CNC(=O)c2nc(-c3cccc(C)c3)no2)cc1. The number of ether oxygens (including phenoxy) is 1. The van der Waals surface area contributed by atoms with Crippen LogP contribution in [0.3, 0.4) is 0 Å². The van der Waals surface area contributed by atoms with Crippen LogP contribution in [0.4, 0.5) is 0 Å². The van der Waals surface area contributed by atoms with Crippen LogP contribution < -0.4 is 5.32 Å². The van der Waals surface area contributed by atoms with Crippen molar-refractivity contribution in [1.29, 1.82) is 0 Å². The molecule has 0 saturated carbocycles. The van der Waals surface area contributed by atoms with Crippen LogP contribution in [-0.4, -0.2) is 29.1 Å². The highest BCUT2D eigenvalue weighted by Crippen LogP contribution is 2.17. The molecule has 0 saturated heterocycles. The van der Waals surface area contributed by atoms with E-state index in [-0.39, 0.29) is 12.4 Å². The summed E-state index contributed by atoms with van der Waals surface area (Å²) >= 11 is 0. The molecule has 132 valence electrons. The van der Waals surface area contributed by atoms with Crippen LogP contribution in [0.2, 0.25) is 0 Å². The molecule has 1 aromatic heterocycles. The summed E-state index contributed by atoms with van der Waals surface area (Å²) < 4.78 is 9.68. The van der Waals surface area contributed by atoms with Crippen LogP contribution in [0.1, 0.15) is 32.2 Å². The van der Waals surface area contributed by atoms with Crippen LogP contribution in [0.15, 0.2) is 53.1 Å². The van der Waals surface area contributed by atoms with E-state index in [1.165, 1.54) is 7.11 Å². The van der Waals surface area contributed by atoms with Gasteiger partial charge < -0.3 is 14.6 Å². The molecule has 3 rings (SSSR count). The summed E-state index contributed by atoms with van der Waals surface area (Å²) in [6.07, 6.45) is 0. The normalized spacial score (nSPS) is 10.4. The first kappa shape index (κ1) is 17.3. The first-order chi connectivity index (χ1) is 12.6. The lowest BCUT2D eigenvalue weighted by atomic mass is 10.1.